The monoisotopic (exact) mass is 493 g/mol. The van der Waals surface area contributed by atoms with Crippen molar-refractivity contribution in [3.63, 3.8) is 0 Å². The Morgan fingerprint density at radius 1 is 0.972 bits per heavy atom. The summed E-state index contributed by atoms with van der Waals surface area (Å²) in [5, 5.41) is 3.14. The fourth-order valence-corrected chi connectivity index (χ4v) is 5.60. The van der Waals surface area contributed by atoms with E-state index in [1.165, 1.54) is 24.3 Å². The fraction of sp³-hybridized carbons (Fsp3) is 0.414. The quantitative estimate of drug-likeness (QED) is 0.484. The van der Waals surface area contributed by atoms with Gasteiger partial charge in [-0.1, -0.05) is 24.3 Å². The SMILES string of the molecule is CNC(C)c1ccc(C(=O)N2C[C@@H](c3ccc(F)cc3)C[C@H]2CN2CC[C@H](c3ccc(F)cc3)C2)o1. The Morgan fingerprint density at radius 3 is 2.25 bits per heavy atom. The number of furan rings is 1. The molecule has 1 N–H and O–H groups in total. The van der Waals surface area contributed by atoms with Crippen LogP contribution in [-0.4, -0.2) is 55.0 Å². The summed E-state index contributed by atoms with van der Waals surface area (Å²) < 4.78 is 32.8. The molecular weight excluding hydrogens is 460 g/mol. The molecule has 2 aliphatic rings. The van der Waals surface area contributed by atoms with Crippen LogP contribution in [0.4, 0.5) is 8.78 Å². The molecule has 4 atom stereocenters. The first-order valence-corrected chi connectivity index (χ1v) is 12.7. The van der Waals surface area contributed by atoms with Gasteiger partial charge in [-0.25, -0.2) is 8.78 Å². The van der Waals surface area contributed by atoms with E-state index in [2.05, 4.69) is 10.2 Å². The maximum atomic E-state index is 13.6. The van der Waals surface area contributed by atoms with Gasteiger partial charge in [0.1, 0.15) is 17.4 Å². The summed E-state index contributed by atoms with van der Waals surface area (Å²) in [6.07, 6.45) is 1.83. The number of hydrogen-bond acceptors (Lipinski definition) is 4. The number of nitrogens with zero attached hydrogens (tertiary/aromatic N) is 2. The third-order valence-corrected chi connectivity index (χ3v) is 7.80. The summed E-state index contributed by atoms with van der Waals surface area (Å²) in [6.45, 7) is 5.15. The zero-order chi connectivity index (χ0) is 25.2. The highest BCUT2D eigenvalue weighted by Gasteiger charge is 2.39. The van der Waals surface area contributed by atoms with Crippen molar-refractivity contribution in [1.29, 1.82) is 0 Å². The average molecular weight is 494 g/mol. The van der Waals surface area contributed by atoms with Gasteiger partial charge in [0.05, 0.1) is 6.04 Å². The van der Waals surface area contributed by atoms with Gasteiger partial charge in [0, 0.05) is 31.6 Å². The molecule has 2 fully saturated rings. The van der Waals surface area contributed by atoms with Crippen molar-refractivity contribution in [3.05, 3.63) is 94.9 Å². The fourth-order valence-electron chi connectivity index (χ4n) is 5.60. The third kappa shape index (κ3) is 5.22. The van der Waals surface area contributed by atoms with Gasteiger partial charge >= 0.3 is 0 Å². The number of benzene rings is 2. The van der Waals surface area contributed by atoms with Gasteiger partial charge in [0.2, 0.25) is 0 Å². The molecular formula is C29H33F2N3O2. The van der Waals surface area contributed by atoms with E-state index in [1.54, 1.807) is 6.07 Å². The molecule has 0 aliphatic carbocycles. The normalized spacial score (nSPS) is 23.3. The molecule has 7 heteroatoms. The lowest BCUT2D eigenvalue weighted by Crippen LogP contribution is -2.42. The molecule has 36 heavy (non-hydrogen) atoms. The Morgan fingerprint density at radius 2 is 1.61 bits per heavy atom. The Balaban J connectivity index is 1.33. The second-order valence-corrected chi connectivity index (χ2v) is 10.1. The minimum atomic E-state index is -0.258. The smallest absolute Gasteiger partial charge is 0.289 e. The molecule has 3 aromatic rings. The standard InChI is InChI=1S/C29H33F2N3O2/c1-19(32-2)27-11-12-28(36-27)29(35)34-17-23(21-5-9-25(31)10-6-21)15-26(34)18-33-14-13-22(16-33)20-3-7-24(30)8-4-20/h3-12,19,22-23,26,32H,13-18H2,1-2H3/t19?,22-,23-,26-/m0/s1. The first-order chi connectivity index (χ1) is 17.4. The van der Waals surface area contributed by atoms with Crippen molar-refractivity contribution in [2.24, 2.45) is 0 Å². The zero-order valence-electron chi connectivity index (χ0n) is 20.8. The molecule has 0 saturated carbocycles. The minimum Gasteiger partial charge on any atom is -0.454 e. The number of nitrogens with one attached hydrogen (secondary N) is 1. The highest BCUT2D eigenvalue weighted by molar-refractivity contribution is 5.92. The molecule has 1 amide bonds. The van der Waals surface area contributed by atoms with Crippen LogP contribution in [0.3, 0.4) is 0 Å². The number of halogens is 2. The highest BCUT2D eigenvalue weighted by Crippen LogP contribution is 2.35. The lowest BCUT2D eigenvalue weighted by molar-refractivity contribution is 0.0672. The summed E-state index contributed by atoms with van der Waals surface area (Å²) in [5.41, 5.74) is 2.20. The van der Waals surface area contributed by atoms with Crippen molar-refractivity contribution in [2.45, 2.75) is 43.7 Å². The van der Waals surface area contributed by atoms with Crippen LogP contribution < -0.4 is 5.32 Å². The average Bonchev–Trinajstić information content (AvgIpc) is 3.65. The maximum Gasteiger partial charge on any atom is 0.289 e. The van der Waals surface area contributed by atoms with Gasteiger partial charge in [0.15, 0.2) is 5.76 Å². The van der Waals surface area contributed by atoms with Crippen LogP contribution in [0.2, 0.25) is 0 Å². The van der Waals surface area contributed by atoms with Crippen molar-refractivity contribution in [1.82, 2.24) is 15.1 Å². The summed E-state index contributed by atoms with van der Waals surface area (Å²) in [5.74, 6) is 1.00. The van der Waals surface area contributed by atoms with E-state index in [1.807, 2.05) is 49.2 Å². The van der Waals surface area contributed by atoms with Crippen LogP contribution in [0.5, 0.6) is 0 Å². The van der Waals surface area contributed by atoms with Gasteiger partial charge in [0.25, 0.3) is 5.91 Å². The van der Waals surface area contributed by atoms with Crippen LogP contribution in [-0.2, 0) is 0 Å². The Hall–Kier alpha value is -3.03. The third-order valence-electron chi connectivity index (χ3n) is 7.80. The second-order valence-electron chi connectivity index (χ2n) is 10.1. The molecule has 1 aromatic heterocycles. The first kappa shape index (κ1) is 24.7. The van der Waals surface area contributed by atoms with Gasteiger partial charge in [-0.15, -0.1) is 0 Å². The summed E-state index contributed by atoms with van der Waals surface area (Å²) in [7, 11) is 1.85. The lowest BCUT2D eigenvalue weighted by atomic mass is 9.96. The number of rotatable bonds is 7. The highest BCUT2D eigenvalue weighted by atomic mass is 19.1. The summed E-state index contributed by atoms with van der Waals surface area (Å²) in [6, 6.07) is 17.1. The van der Waals surface area contributed by atoms with Crippen molar-refractivity contribution < 1.29 is 18.0 Å². The molecule has 2 saturated heterocycles. The van der Waals surface area contributed by atoms with Crippen LogP contribution in [0.1, 0.15) is 65.1 Å². The van der Waals surface area contributed by atoms with Crippen LogP contribution in [0.25, 0.3) is 0 Å². The van der Waals surface area contributed by atoms with E-state index in [-0.39, 0.29) is 35.5 Å². The van der Waals surface area contributed by atoms with Crippen LogP contribution in [0.15, 0.2) is 65.1 Å². The topological polar surface area (TPSA) is 48.7 Å². The number of hydrogen-bond donors (Lipinski definition) is 1. The van der Waals surface area contributed by atoms with E-state index in [4.69, 9.17) is 4.42 Å². The molecule has 5 rings (SSSR count). The van der Waals surface area contributed by atoms with Gasteiger partial charge < -0.3 is 19.5 Å². The number of likely N-dealkylation sites (tertiary alicyclic amines) is 2. The molecule has 2 aromatic carbocycles. The lowest BCUT2D eigenvalue weighted by Gasteiger charge is -2.28. The molecule has 1 unspecified atom stereocenters. The number of carbonyl (C=O) groups excluding carboxylic acids is 1. The summed E-state index contributed by atoms with van der Waals surface area (Å²) >= 11 is 0. The first-order valence-electron chi connectivity index (χ1n) is 12.7. The van der Waals surface area contributed by atoms with E-state index in [0.717, 1.165) is 49.4 Å². The Kier molecular flexibility index (Phi) is 7.21. The minimum absolute atomic E-state index is 0.0147. The van der Waals surface area contributed by atoms with Crippen molar-refractivity contribution in [2.75, 3.05) is 33.2 Å². The van der Waals surface area contributed by atoms with Gasteiger partial charge in [-0.3, -0.25) is 4.79 Å². The second kappa shape index (κ2) is 10.5. The van der Waals surface area contributed by atoms with E-state index in [0.29, 0.717) is 18.2 Å². The van der Waals surface area contributed by atoms with Crippen LogP contribution >= 0.6 is 0 Å². The van der Waals surface area contributed by atoms with E-state index in [9.17, 15) is 13.6 Å². The molecule has 3 heterocycles. The summed E-state index contributed by atoms with van der Waals surface area (Å²) in [4.78, 5) is 17.9. The predicted octanol–water partition coefficient (Wildman–Crippen LogP) is 5.33. The predicted molar refractivity (Wildman–Crippen MR) is 135 cm³/mol. The van der Waals surface area contributed by atoms with Crippen LogP contribution in [0, 0.1) is 11.6 Å². The van der Waals surface area contributed by atoms with Gasteiger partial charge in [-0.2, -0.15) is 0 Å². The molecule has 190 valence electrons. The number of amides is 1. The Labute approximate surface area is 211 Å². The van der Waals surface area contributed by atoms with Crippen molar-refractivity contribution in [3.8, 4) is 0 Å². The van der Waals surface area contributed by atoms with E-state index < -0.39 is 0 Å². The molecule has 0 radical (unpaired) electrons. The largest absolute Gasteiger partial charge is 0.454 e. The van der Waals surface area contributed by atoms with E-state index >= 15 is 0 Å². The molecule has 2 aliphatic heterocycles. The number of carbonyl (C=O) groups is 1. The molecule has 0 spiro atoms. The molecule has 5 nitrogen and oxygen atoms in total. The zero-order valence-corrected chi connectivity index (χ0v) is 20.8. The van der Waals surface area contributed by atoms with Gasteiger partial charge in [-0.05, 0) is 86.8 Å². The van der Waals surface area contributed by atoms with Crippen molar-refractivity contribution >= 4 is 5.91 Å². The Bertz CT molecular complexity index is 1180. The maximum absolute atomic E-state index is 13.6. The molecule has 0 bridgehead atoms.